The maximum atomic E-state index is 13.5. The minimum Gasteiger partial charge on any atom is -0.489 e. The van der Waals surface area contributed by atoms with Gasteiger partial charge in [0.1, 0.15) is 18.2 Å². The third-order valence-corrected chi connectivity index (χ3v) is 3.15. The molecule has 0 unspecified atom stereocenters. The molecular weight excluding hydrogens is 327 g/mol. The summed E-state index contributed by atoms with van der Waals surface area (Å²) in [5, 5.41) is 11.5. The smallest absolute Gasteiger partial charge is 0.170 e. The van der Waals surface area contributed by atoms with Gasteiger partial charge < -0.3 is 15.7 Å². The number of ether oxygens (including phenoxy) is 1. The van der Waals surface area contributed by atoms with Gasteiger partial charge in [-0.15, -0.1) is 0 Å². The topological polar surface area (TPSA) is 67.8 Å². The lowest BCUT2D eigenvalue weighted by atomic mass is 10.2. The van der Waals surface area contributed by atoms with Gasteiger partial charge >= 0.3 is 0 Å². The Morgan fingerprint density at radius 2 is 1.95 bits per heavy atom. The molecule has 0 saturated carbocycles. The fourth-order valence-electron chi connectivity index (χ4n) is 1.59. The molecule has 0 heterocycles. The number of rotatable bonds is 4. The summed E-state index contributed by atoms with van der Waals surface area (Å²) in [6, 6.07) is 11.3. The summed E-state index contributed by atoms with van der Waals surface area (Å²) >= 11 is 3.28. The maximum Gasteiger partial charge on any atom is 0.170 e. The number of amidine groups is 1. The van der Waals surface area contributed by atoms with E-state index in [2.05, 4.69) is 21.1 Å². The Balaban J connectivity index is 2.06. The lowest BCUT2D eigenvalue weighted by Crippen LogP contribution is -2.12. The zero-order valence-corrected chi connectivity index (χ0v) is 12.0. The van der Waals surface area contributed by atoms with Crippen LogP contribution < -0.4 is 10.5 Å². The van der Waals surface area contributed by atoms with Crippen LogP contribution in [-0.4, -0.2) is 11.0 Å². The maximum absolute atomic E-state index is 13.5. The lowest BCUT2D eigenvalue weighted by molar-refractivity contribution is 0.299. The summed E-state index contributed by atoms with van der Waals surface area (Å²) in [7, 11) is 0. The molecule has 0 bridgehead atoms. The highest BCUT2D eigenvalue weighted by Crippen LogP contribution is 2.19. The number of benzene rings is 2. The molecule has 2 rings (SSSR count). The highest BCUT2D eigenvalue weighted by molar-refractivity contribution is 9.10. The molecule has 0 aromatic heterocycles. The summed E-state index contributed by atoms with van der Waals surface area (Å²) < 4.78 is 19.8. The Kier molecular flexibility index (Phi) is 4.57. The van der Waals surface area contributed by atoms with Crippen LogP contribution in [0.3, 0.4) is 0 Å². The molecule has 0 atom stereocenters. The molecule has 6 heteroatoms. The van der Waals surface area contributed by atoms with Crippen LogP contribution in [0.15, 0.2) is 52.1 Å². The van der Waals surface area contributed by atoms with E-state index in [1.165, 1.54) is 6.07 Å². The third-order valence-electron chi connectivity index (χ3n) is 2.66. The van der Waals surface area contributed by atoms with Gasteiger partial charge in [-0.25, -0.2) is 4.39 Å². The van der Waals surface area contributed by atoms with E-state index in [0.717, 1.165) is 4.47 Å². The minimum absolute atomic E-state index is 0.0228. The van der Waals surface area contributed by atoms with Crippen LogP contribution in [0.1, 0.15) is 11.1 Å². The quantitative estimate of drug-likeness (QED) is 0.389. The molecule has 0 spiro atoms. The van der Waals surface area contributed by atoms with Crippen molar-refractivity contribution >= 4 is 21.8 Å². The highest BCUT2D eigenvalue weighted by Gasteiger charge is 2.05. The van der Waals surface area contributed by atoms with Crippen LogP contribution in [0, 0.1) is 5.82 Å². The van der Waals surface area contributed by atoms with Crippen LogP contribution in [0.5, 0.6) is 5.75 Å². The Morgan fingerprint density at radius 3 is 2.60 bits per heavy atom. The third kappa shape index (κ3) is 3.48. The first kappa shape index (κ1) is 14.3. The van der Waals surface area contributed by atoms with Crippen LogP contribution in [0.4, 0.5) is 4.39 Å². The van der Waals surface area contributed by atoms with Crippen molar-refractivity contribution in [2.45, 2.75) is 6.61 Å². The van der Waals surface area contributed by atoms with Crippen molar-refractivity contribution in [3.8, 4) is 5.75 Å². The number of nitrogens with zero attached hydrogens (tertiary/aromatic N) is 1. The first-order valence-corrected chi connectivity index (χ1v) is 6.54. The van der Waals surface area contributed by atoms with Gasteiger partial charge in [0.05, 0.1) is 0 Å². The number of halogens is 2. The van der Waals surface area contributed by atoms with E-state index in [4.69, 9.17) is 15.7 Å². The molecule has 0 saturated heterocycles. The van der Waals surface area contributed by atoms with Gasteiger partial charge in [-0.3, -0.25) is 0 Å². The van der Waals surface area contributed by atoms with E-state index in [-0.39, 0.29) is 18.3 Å². The molecule has 2 aromatic carbocycles. The van der Waals surface area contributed by atoms with E-state index in [1.54, 1.807) is 36.4 Å². The second-order valence-electron chi connectivity index (χ2n) is 4.03. The SMILES string of the molecule is N/C(=N\O)c1ccc(OCc2cc(Br)ccc2F)cc1. The molecule has 0 radical (unpaired) electrons. The Morgan fingerprint density at radius 1 is 1.25 bits per heavy atom. The summed E-state index contributed by atoms with van der Waals surface area (Å²) in [6.45, 7) is 0.119. The Labute approximate surface area is 123 Å². The van der Waals surface area contributed by atoms with Gasteiger partial charge in [0, 0.05) is 15.6 Å². The van der Waals surface area contributed by atoms with Crippen molar-refractivity contribution in [1.29, 1.82) is 0 Å². The first-order valence-electron chi connectivity index (χ1n) is 5.75. The standard InChI is InChI=1S/C14H12BrFN2O2/c15-11-3-6-13(16)10(7-11)8-20-12-4-1-9(2-5-12)14(17)18-19/h1-7,19H,8H2,(H2,17,18). The zero-order valence-electron chi connectivity index (χ0n) is 10.4. The molecule has 0 aliphatic carbocycles. The number of hydrogen-bond donors (Lipinski definition) is 2. The van der Waals surface area contributed by atoms with Crippen molar-refractivity contribution in [3.05, 3.63) is 63.9 Å². The van der Waals surface area contributed by atoms with Crippen LogP contribution in [0.25, 0.3) is 0 Å². The molecule has 0 aliphatic rings. The Bertz CT molecular complexity index is 630. The van der Waals surface area contributed by atoms with Crippen molar-refractivity contribution in [2.24, 2.45) is 10.9 Å². The fraction of sp³-hybridized carbons (Fsp3) is 0.0714. The first-order chi connectivity index (χ1) is 9.60. The number of hydrogen-bond acceptors (Lipinski definition) is 3. The van der Waals surface area contributed by atoms with Crippen molar-refractivity contribution in [1.82, 2.24) is 0 Å². The minimum atomic E-state index is -0.318. The lowest BCUT2D eigenvalue weighted by Gasteiger charge is -2.08. The highest BCUT2D eigenvalue weighted by atomic mass is 79.9. The van der Waals surface area contributed by atoms with Crippen molar-refractivity contribution < 1.29 is 14.3 Å². The molecule has 0 fully saturated rings. The fourth-order valence-corrected chi connectivity index (χ4v) is 2.00. The van der Waals surface area contributed by atoms with Crippen LogP contribution in [-0.2, 0) is 6.61 Å². The molecule has 104 valence electrons. The van der Waals surface area contributed by atoms with Crippen LogP contribution in [0.2, 0.25) is 0 Å². The molecule has 0 amide bonds. The van der Waals surface area contributed by atoms with Gasteiger partial charge in [-0.1, -0.05) is 21.1 Å². The second kappa shape index (κ2) is 6.38. The molecule has 2 aromatic rings. The number of nitrogens with two attached hydrogens (primary N) is 1. The van der Waals surface area contributed by atoms with Crippen molar-refractivity contribution in [3.63, 3.8) is 0 Å². The summed E-state index contributed by atoms with van der Waals surface area (Å²) in [5.74, 6) is 0.273. The normalized spacial score (nSPS) is 11.4. The van der Waals surface area contributed by atoms with Gasteiger partial charge in [-0.05, 0) is 42.5 Å². The Hall–Kier alpha value is -2.08. The van der Waals surface area contributed by atoms with E-state index in [1.807, 2.05) is 0 Å². The molecule has 3 N–H and O–H groups in total. The molecule has 0 aliphatic heterocycles. The monoisotopic (exact) mass is 338 g/mol. The van der Waals surface area contributed by atoms with Crippen LogP contribution >= 0.6 is 15.9 Å². The molecular formula is C14H12BrFN2O2. The van der Waals surface area contributed by atoms with E-state index in [9.17, 15) is 4.39 Å². The van der Waals surface area contributed by atoms with Gasteiger partial charge in [0.25, 0.3) is 0 Å². The van der Waals surface area contributed by atoms with E-state index >= 15 is 0 Å². The number of oxime groups is 1. The second-order valence-corrected chi connectivity index (χ2v) is 4.95. The summed E-state index contributed by atoms with van der Waals surface area (Å²) in [4.78, 5) is 0. The summed E-state index contributed by atoms with van der Waals surface area (Å²) in [6.07, 6.45) is 0. The molecule has 20 heavy (non-hydrogen) atoms. The van der Waals surface area contributed by atoms with Gasteiger partial charge in [-0.2, -0.15) is 0 Å². The van der Waals surface area contributed by atoms with Gasteiger partial charge in [0.15, 0.2) is 5.84 Å². The predicted octanol–water partition coefficient (Wildman–Crippen LogP) is 3.26. The van der Waals surface area contributed by atoms with Crippen molar-refractivity contribution in [2.75, 3.05) is 0 Å². The van der Waals surface area contributed by atoms with Gasteiger partial charge in [0.2, 0.25) is 0 Å². The van der Waals surface area contributed by atoms with E-state index in [0.29, 0.717) is 16.9 Å². The predicted molar refractivity (Wildman–Crippen MR) is 77.4 cm³/mol. The zero-order chi connectivity index (χ0) is 14.5. The summed E-state index contributed by atoms with van der Waals surface area (Å²) in [5.41, 5.74) is 6.49. The average Bonchev–Trinajstić information content (AvgIpc) is 2.48. The van der Waals surface area contributed by atoms with E-state index < -0.39 is 0 Å². The molecule has 4 nitrogen and oxygen atoms in total. The largest absolute Gasteiger partial charge is 0.489 e. The average molecular weight is 339 g/mol.